The van der Waals surface area contributed by atoms with Gasteiger partial charge in [-0.3, -0.25) is 4.68 Å². The molecule has 1 aromatic carbocycles. The third-order valence-corrected chi connectivity index (χ3v) is 3.56. The predicted molar refractivity (Wildman–Crippen MR) is 82.5 cm³/mol. The van der Waals surface area contributed by atoms with Crippen LogP contribution in [0.2, 0.25) is 0 Å². The van der Waals surface area contributed by atoms with Crippen molar-refractivity contribution in [1.82, 2.24) is 15.1 Å². The van der Waals surface area contributed by atoms with Crippen molar-refractivity contribution < 1.29 is 14.2 Å². The fourth-order valence-corrected chi connectivity index (χ4v) is 2.48. The summed E-state index contributed by atoms with van der Waals surface area (Å²) in [5.74, 6) is 2.16. The zero-order valence-corrected chi connectivity index (χ0v) is 12.9. The van der Waals surface area contributed by atoms with Gasteiger partial charge in [0.15, 0.2) is 11.5 Å². The summed E-state index contributed by atoms with van der Waals surface area (Å²) < 4.78 is 18.6. The first-order chi connectivity index (χ1) is 10.8. The van der Waals surface area contributed by atoms with Gasteiger partial charge in [-0.15, -0.1) is 0 Å². The topological polar surface area (TPSA) is 57.5 Å². The standard InChI is InChI=1S/C16H21N3O3/c1-12(11-19-5-3-4-18-19)17-10-13-8-14(20-2)16-15(9-13)21-6-7-22-16/h3-5,8-9,12,17H,6-7,10-11H2,1-2H3/t12-/m1/s1. The van der Waals surface area contributed by atoms with Crippen molar-refractivity contribution in [2.45, 2.75) is 26.1 Å². The monoisotopic (exact) mass is 303 g/mol. The molecule has 0 radical (unpaired) electrons. The van der Waals surface area contributed by atoms with E-state index in [0.717, 1.165) is 24.4 Å². The maximum atomic E-state index is 5.65. The van der Waals surface area contributed by atoms with Crippen LogP contribution in [0.3, 0.4) is 0 Å². The Bertz CT molecular complexity index is 596. The molecule has 6 nitrogen and oxygen atoms in total. The Hall–Kier alpha value is -2.21. The van der Waals surface area contributed by atoms with Crippen LogP contribution in [0.5, 0.6) is 17.2 Å². The summed E-state index contributed by atoms with van der Waals surface area (Å²) in [6.07, 6.45) is 3.75. The lowest BCUT2D eigenvalue weighted by molar-refractivity contribution is 0.165. The number of ether oxygens (including phenoxy) is 3. The van der Waals surface area contributed by atoms with Gasteiger partial charge in [-0.05, 0) is 30.7 Å². The van der Waals surface area contributed by atoms with Crippen molar-refractivity contribution in [2.24, 2.45) is 0 Å². The number of fused-ring (bicyclic) bond motifs is 1. The molecule has 0 saturated carbocycles. The van der Waals surface area contributed by atoms with E-state index >= 15 is 0 Å². The van der Waals surface area contributed by atoms with Gasteiger partial charge < -0.3 is 19.5 Å². The predicted octanol–water partition coefficient (Wildman–Crippen LogP) is 1.84. The van der Waals surface area contributed by atoms with E-state index in [-0.39, 0.29) is 0 Å². The summed E-state index contributed by atoms with van der Waals surface area (Å²) in [5.41, 5.74) is 1.11. The minimum Gasteiger partial charge on any atom is -0.493 e. The molecule has 22 heavy (non-hydrogen) atoms. The summed E-state index contributed by atoms with van der Waals surface area (Å²) >= 11 is 0. The first-order valence-corrected chi connectivity index (χ1v) is 7.43. The van der Waals surface area contributed by atoms with Crippen LogP contribution >= 0.6 is 0 Å². The second-order valence-electron chi connectivity index (χ2n) is 5.33. The summed E-state index contributed by atoms with van der Waals surface area (Å²) in [5, 5.41) is 7.70. The van der Waals surface area contributed by atoms with Crippen LogP contribution in [0, 0.1) is 0 Å². The average Bonchev–Trinajstić information content (AvgIpc) is 3.05. The Kier molecular flexibility index (Phi) is 4.48. The third-order valence-electron chi connectivity index (χ3n) is 3.56. The molecule has 0 amide bonds. The molecule has 0 spiro atoms. The number of benzene rings is 1. The molecule has 1 N–H and O–H groups in total. The molecule has 1 atom stereocenters. The van der Waals surface area contributed by atoms with Gasteiger partial charge in [-0.2, -0.15) is 5.10 Å². The molecule has 0 saturated heterocycles. The van der Waals surface area contributed by atoms with Gasteiger partial charge in [0.1, 0.15) is 13.2 Å². The number of aromatic nitrogens is 2. The minimum atomic E-state index is 0.305. The lowest BCUT2D eigenvalue weighted by Crippen LogP contribution is -2.30. The highest BCUT2D eigenvalue weighted by atomic mass is 16.6. The normalized spacial score (nSPS) is 14.6. The van der Waals surface area contributed by atoms with E-state index in [9.17, 15) is 0 Å². The molecule has 0 aliphatic carbocycles. The lowest BCUT2D eigenvalue weighted by Gasteiger charge is -2.22. The minimum absolute atomic E-state index is 0.305. The van der Waals surface area contributed by atoms with Crippen molar-refractivity contribution in [3.05, 3.63) is 36.2 Å². The van der Waals surface area contributed by atoms with Gasteiger partial charge >= 0.3 is 0 Å². The number of hydrogen-bond acceptors (Lipinski definition) is 5. The number of nitrogens with zero attached hydrogens (tertiary/aromatic N) is 2. The van der Waals surface area contributed by atoms with Crippen molar-refractivity contribution in [3.63, 3.8) is 0 Å². The smallest absolute Gasteiger partial charge is 0.203 e. The summed E-state index contributed by atoms with van der Waals surface area (Å²) in [4.78, 5) is 0. The van der Waals surface area contributed by atoms with E-state index in [1.807, 2.05) is 29.1 Å². The van der Waals surface area contributed by atoms with E-state index in [0.29, 0.717) is 30.8 Å². The van der Waals surface area contributed by atoms with Crippen molar-refractivity contribution in [1.29, 1.82) is 0 Å². The van der Waals surface area contributed by atoms with Gasteiger partial charge in [0.05, 0.1) is 13.7 Å². The Morgan fingerprint density at radius 2 is 2.23 bits per heavy atom. The second-order valence-corrected chi connectivity index (χ2v) is 5.33. The molecular weight excluding hydrogens is 282 g/mol. The molecule has 0 fully saturated rings. The van der Waals surface area contributed by atoms with E-state index < -0.39 is 0 Å². The Balaban J connectivity index is 1.64. The molecule has 2 aromatic rings. The highest BCUT2D eigenvalue weighted by Crippen LogP contribution is 2.40. The SMILES string of the molecule is COc1cc(CN[C@H](C)Cn2cccn2)cc2c1OCCO2. The van der Waals surface area contributed by atoms with Crippen LogP contribution < -0.4 is 19.5 Å². The third kappa shape index (κ3) is 3.33. The van der Waals surface area contributed by atoms with Gasteiger partial charge in [0, 0.05) is 25.0 Å². The molecule has 0 unspecified atom stereocenters. The Labute approximate surface area is 130 Å². The van der Waals surface area contributed by atoms with Gasteiger partial charge in [-0.1, -0.05) is 0 Å². The molecule has 1 aliphatic heterocycles. The Morgan fingerprint density at radius 3 is 3.00 bits per heavy atom. The molecule has 1 aliphatic rings. The van der Waals surface area contributed by atoms with Crippen LogP contribution in [-0.4, -0.2) is 36.1 Å². The fourth-order valence-electron chi connectivity index (χ4n) is 2.48. The first-order valence-electron chi connectivity index (χ1n) is 7.43. The van der Waals surface area contributed by atoms with Crippen molar-refractivity contribution in [2.75, 3.05) is 20.3 Å². The number of rotatable bonds is 6. The molecule has 6 heteroatoms. The summed E-state index contributed by atoms with van der Waals surface area (Å²) in [6, 6.07) is 6.23. The van der Waals surface area contributed by atoms with E-state index in [1.54, 1.807) is 13.3 Å². The van der Waals surface area contributed by atoms with Crippen LogP contribution in [0.15, 0.2) is 30.6 Å². The fraction of sp³-hybridized carbons (Fsp3) is 0.438. The first kappa shape index (κ1) is 14.7. The highest BCUT2D eigenvalue weighted by molar-refractivity contribution is 5.54. The van der Waals surface area contributed by atoms with Crippen LogP contribution in [0.25, 0.3) is 0 Å². The van der Waals surface area contributed by atoms with Crippen molar-refractivity contribution >= 4 is 0 Å². The van der Waals surface area contributed by atoms with E-state index in [2.05, 4.69) is 17.3 Å². The zero-order valence-electron chi connectivity index (χ0n) is 12.9. The molecule has 0 bridgehead atoms. The van der Waals surface area contributed by atoms with Crippen molar-refractivity contribution in [3.8, 4) is 17.2 Å². The van der Waals surface area contributed by atoms with Gasteiger partial charge in [0.2, 0.25) is 5.75 Å². The van der Waals surface area contributed by atoms with Crippen LogP contribution in [-0.2, 0) is 13.1 Å². The van der Waals surface area contributed by atoms with Crippen LogP contribution in [0.1, 0.15) is 12.5 Å². The highest BCUT2D eigenvalue weighted by Gasteiger charge is 2.18. The molecule has 3 rings (SSSR count). The quantitative estimate of drug-likeness (QED) is 0.882. The maximum absolute atomic E-state index is 5.65. The van der Waals surface area contributed by atoms with Gasteiger partial charge in [-0.25, -0.2) is 0 Å². The molecule has 118 valence electrons. The van der Waals surface area contributed by atoms with Gasteiger partial charge in [0.25, 0.3) is 0 Å². The van der Waals surface area contributed by atoms with Crippen LogP contribution in [0.4, 0.5) is 0 Å². The average molecular weight is 303 g/mol. The molecular formula is C16H21N3O3. The summed E-state index contributed by atoms with van der Waals surface area (Å²) in [7, 11) is 1.64. The number of methoxy groups -OCH3 is 1. The molecule has 1 aromatic heterocycles. The van der Waals surface area contributed by atoms with E-state index in [1.165, 1.54) is 0 Å². The second kappa shape index (κ2) is 6.70. The molecule has 2 heterocycles. The van der Waals surface area contributed by atoms with E-state index in [4.69, 9.17) is 14.2 Å². The number of nitrogens with one attached hydrogen (secondary N) is 1. The maximum Gasteiger partial charge on any atom is 0.203 e. The Morgan fingerprint density at radius 1 is 1.36 bits per heavy atom. The largest absolute Gasteiger partial charge is 0.493 e. The summed E-state index contributed by atoms with van der Waals surface area (Å²) in [6.45, 7) is 4.83. The number of hydrogen-bond donors (Lipinski definition) is 1. The zero-order chi connectivity index (χ0) is 15.4. The lowest BCUT2D eigenvalue weighted by atomic mass is 10.1.